The van der Waals surface area contributed by atoms with E-state index in [9.17, 15) is 13.2 Å². The van der Waals surface area contributed by atoms with Crippen LogP contribution in [0.5, 0.6) is 0 Å². The minimum Gasteiger partial charge on any atom is -0.478 e. The van der Waals surface area contributed by atoms with Crippen molar-refractivity contribution in [3.05, 3.63) is 77.9 Å². The second kappa shape index (κ2) is 7.61. The highest BCUT2D eigenvalue weighted by atomic mass is 32.2. The van der Waals surface area contributed by atoms with Crippen LogP contribution >= 0.6 is 0 Å². The lowest BCUT2D eigenvalue weighted by atomic mass is 10.1. The van der Waals surface area contributed by atoms with Gasteiger partial charge in [-0.3, -0.25) is 4.72 Å². The van der Waals surface area contributed by atoms with E-state index < -0.39 is 16.0 Å². The fraction of sp³-hybridized carbons (Fsp3) is 0.0556. The number of allylic oxidation sites excluding steroid dienone is 2. The second-order valence-electron chi connectivity index (χ2n) is 5.10. The molecular formula is C18H17NO4S. The minimum atomic E-state index is -3.61. The summed E-state index contributed by atoms with van der Waals surface area (Å²) >= 11 is 0. The normalized spacial score (nSPS) is 12.3. The van der Waals surface area contributed by atoms with Crippen LogP contribution < -0.4 is 4.72 Å². The Bertz CT molecular complexity index is 867. The predicted octanol–water partition coefficient (Wildman–Crippen LogP) is 3.53. The van der Waals surface area contributed by atoms with Gasteiger partial charge < -0.3 is 5.11 Å². The van der Waals surface area contributed by atoms with E-state index in [0.29, 0.717) is 5.69 Å². The van der Waals surface area contributed by atoms with E-state index in [1.807, 2.05) is 0 Å². The van der Waals surface area contributed by atoms with Crippen LogP contribution in [-0.2, 0) is 14.8 Å². The van der Waals surface area contributed by atoms with Crippen molar-refractivity contribution in [2.45, 2.75) is 11.8 Å². The van der Waals surface area contributed by atoms with Gasteiger partial charge in [0, 0.05) is 11.8 Å². The predicted molar refractivity (Wildman–Crippen MR) is 94.1 cm³/mol. The first-order valence-electron chi connectivity index (χ1n) is 7.14. The first-order chi connectivity index (χ1) is 11.4. The summed E-state index contributed by atoms with van der Waals surface area (Å²) < 4.78 is 27.0. The molecule has 0 aliphatic rings. The van der Waals surface area contributed by atoms with Crippen molar-refractivity contribution in [2.75, 3.05) is 4.72 Å². The van der Waals surface area contributed by atoms with Crippen LogP contribution in [0.25, 0.3) is 6.08 Å². The quantitative estimate of drug-likeness (QED) is 0.621. The minimum absolute atomic E-state index is 0.198. The molecule has 0 saturated heterocycles. The van der Waals surface area contributed by atoms with E-state index in [0.717, 1.165) is 17.2 Å². The Hall–Kier alpha value is -2.86. The summed E-state index contributed by atoms with van der Waals surface area (Å²) in [7, 11) is -3.61. The lowest BCUT2D eigenvalue weighted by molar-refractivity contribution is -0.131. The van der Waals surface area contributed by atoms with Gasteiger partial charge in [0.25, 0.3) is 10.0 Å². The summed E-state index contributed by atoms with van der Waals surface area (Å²) in [5, 5.41) is 8.59. The standard InChI is InChI=1S/C18H17NO4S/c1-14(7-12-18(20)21)13-15-8-10-16(11-9-15)19-24(22,23)17-5-3-2-4-6-17/h2-13,19H,1H3,(H,20,21). The van der Waals surface area contributed by atoms with Gasteiger partial charge in [0.2, 0.25) is 0 Å². The number of hydrogen-bond acceptors (Lipinski definition) is 3. The summed E-state index contributed by atoms with van der Waals surface area (Å²) in [6, 6.07) is 14.9. The smallest absolute Gasteiger partial charge is 0.328 e. The van der Waals surface area contributed by atoms with Gasteiger partial charge in [0.05, 0.1) is 4.90 Å². The van der Waals surface area contributed by atoms with Crippen LogP contribution in [0.2, 0.25) is 0 Å². The SMILES string of the molecule is CC(C=CC(=O)O)=Cc1ccc(NS(=O)(=O)c2ccccc2)cc1. The van der Waals surface area contributed by atoms with Gasteiger partial charge in [0.15, 0.2) is 0 Å². The van der Waals surface area contributed by atoms with E-state index in [2.05, 4.69) is 4.72 Å². The van der Waals surface area contributed by atoms with Gasteiger partial charge >= 0.3 is 5.97 Å². The summed E-state index contributed by atoms with van der Waals surface area (Å²) in [5.74, 6) is -1.01. The molecule has 0 saturated carbocycles. The Morgan fingerprint density at radius 3 is 2.21 bits per heavy atom. The number of carbonyl (C=O) groups is 1. The molecule has 0 fully saturated rings. The molecule has 0 spiro atoms. The lowest BCUT2D eigenvalue weighted by Gasteiger charge is -2.08. The summed E-state index contributed by atoms with van der Waals surface area (Å²) in [6.45, 7) is 1.78. The van der Waals surface area contributed by atoms with Crippen LogP contribution in [0.3, 0.4) is 0 Å². The first kappa shape index (κ1) is 17.5. The first-order valence-corrected chi connectivity index (χ1v) is 8.62. The maximum atomic E-state index is 12.2. The third-order valence-electron chi connectivity index (χ3n) is 3.10. The van der Waals surface area contributed by atoms with Crippen molar-refractivity contribution in [2.24, 2.45) is 0 Å². The second-order valence-corrected chi connectivity index (χ2v) is 6.78. The Labute approximate surface area is 141 Å². The molecule has 5 nitrogen and oxygen atoms in total. The van der Waals surface area contributed by atoms with Crippen LogP contribution in [0, 0.1) is 0 Å². The average Bonchev–Trinajstić information content (AvgIpc) is 2.55. The van der Waals surface area contributed by atoms with Crippen molar-refractivity contribution in [3.8, 4) is 0 Å². The van der Waals surface area contributed by atoms with Gasteiger partial charge in [-0.15, -0.1) is 0 Å². The highest BCUT2D eigenvalue weighted by molar-refractivity contribution is 7.92. The Kier molecular flexibility index (Phi) is 5.55. The fourth-order valence-electron chi connectivity index (χ4n) is 1.97. The highest BCUT2D eigenvalue weighted by Gasteiger charge is 2.12. The number of anilines is 1. The molecule has 0 heterocycles. The number of carboxylic acid groups (broad SMARTS) is 1. The molecule has 124 valence electrons. The van der Waals surface area contributed by atoms with Gasteiger partial charge in [-0.05, 0) is 36.8 Å². The topological polar surface area (TPSA) is 83.5 Å². The zero-order chi connectivity index (χ0) is 17.6. The van der Waals surface area contributed by atoms with Gasteiger partial charge in [-0.1, -0.05) is 48.1 Å². The van der Waals surface area contributed by atoms with Crippen LogP contribution in [0.4, 0.5) is 5.69 Å². The molecule has 0 aliphatic carbocycles. The molecule has 0 aliphatic heterocycles. The van der Waals surface area contributed by atoms with Crippen molar-refractivity contribution in [1.82, 2.24) is 0 Å². The summed E-state index contributed by atoms with van der Waals surface area (Å²) in [5.41, 5.74) is 2.06. The third kappa shape index (κ3) is 5.10. The van der Waals surface area contributed by atoms with E-state index >= 15 is 0 Å². The largest absolute Gasteiger partial charge is 0.478 e. The monoisotopic (exact) mass is 343 g/mol. The molecule has 24 heavy (non-hydrogen) atoms. The molecule has 2 aromatic carbocycles. The Balaban J connectivity index is 2.13. The Morgan fingerprint density at radius 1 is 1.00 bits per heavy atom. The van der Waals surface area contributed by atoms with Crippen LogP contribution in [-0.4, -0.2) is 19.5 Å². The van der Waals surface area contributed by atoms with Gasteiger partial charge in [0.1, 0.15) is 0 Å². The molecule has 0 unspecified atom stereocenters. The van der Waals surface area contributed by atoms with Crippen molar-refractivity contribution in [1.29, 1.82) is 0 Å². The number of aliphatic carboxylic acids is 1. The number of sulfonamides is 1. The molecular weight excluding hydrogens is 326 g/mol. The maximum Gasteiger partial charge on any atom is 0.328 e. The number of hydrogen-bond donors (Lipinski definition) is 2. The average molecular weight is 343 g/mol. The van der Waals surface area contributed by atoms with Crippen molar-refractivity contribution >= 4 is 27.8 Å². The van der Waals surface area contributed by atoms with E-state index in [-0.39, 0.29) is 4.90 Å². The molecule has 6 heteroatoms. The molecule has 2 aromatic rings. The molecule has 2 N–H and O–H groups in total. The van der Waals surface area contributed by atoms with E-state index in [4.69, 9.17) is 5.11 Å². The summed E-state index contributed by atoms with van der Waals surface area (Å²) in [6.07, 6.45) is 4.36. The number of carboxylic acids is 1. The number of rotatable bonds is 6. The molecule has 0 radical (unpaired) electrons. The molecule has 0 aromatic heterocycles. The molecule has 0 bridgehead atoms. The zero-order valence-corrected chi connectivity index (χ0v) is 13.8. The van der Waals surface area contributed by atoms with E-state index in [1.54, 1.807) is 55.5 Å². The van der Waals surface area contributed by atoms with Crippen molar-refractivity contribution < 1.29 is 18.3 Å². The third-order valence-corrected chi connectivity index (χ3v) is 4.50. The fourth-order valence-corrected chi connectivity index (χ4v) is 3.05. The van der Waals surface area contributed by atoms with Crippen molar-refractivity contribution in [3.63, 3.8) is 0 Å². The van der Waals surface area contributed by atoms with Gasteiger partial charge in [-0.2, -0.15) is 0 Å². The van der Waals surface area contributed by atoms with Gasteiger partial charge in [-0.25, -0.2) is 13.2 Å². The van der Waals surface area contributed by atoms with Crippen LogP contribution in [0.1, 0.15) is 12.5 Å². The zero-order valence-electron chi connectivity index (χ0n) is 13.0. The molecule has 2 rings (SSSR count). The Morgan fingerprint density at radius 2 is 1.62 bits per heavy atom. The van der Waals surface area contributed by atoms with Crippen LogP contribution in [0.15, 0.2) is 77.2 Å². The van der Waals surface area contributed by atoms with E-state index in [1.165, 1.54) is 18.2 Å². The lowest BCUT2D eigenvalue weighted by Crippen LogP contribution is -2.12. The molecule has 0 atom stereocenters. The summed E-state index contributed by atoms with van der Waals surface area (Å²) in [4.78, 5) is 10.7. The highest BCUT2D eigenvalue weighted by Crippen LogP contribution is 2.17. The maximum absolute atomic E-state index is 12.2. The number of nitrogens with one attached hydrogen (secondary N) is 1. The molecule has 0 amide bonds. The number of benzene rings is 2.